The van der Waals surface area contributed by atoms with Gasteiger partial charge >= 0.3 is 23.6 Å². The van der Waals surface area contributed by atoms with E-state index in [1.807, 2.05) is 0 Å². The van der Waals surface area contributed by atoms with E-state index in [9.17, 15) is 48.5 Å². The number of benzene rings is 1. The molecule has 0 aliphatic carbocycles. The van der Waals surface area contributed by atoms with Crippen molar-refractivity contribution in [2.24, 2.45) is 0 Å². The first-order valence-corrected chi connectivity index (χ1v) is 13.5. The summed E-state index contributed by atoms with van der Waals surface area (Å²) in [5.41, 5.74) is -0.992. The highest BCUT2D eigenvalue weighted by Crippen LogP contribution is 2.20. The van der Waals surface area contributed by atoms with E-state index in [1.165, 1.54) is 4.68 Å². The summed E-state index contributed by atoms with van der Waals surface area (Å²) in [7, 11) is 0. The van der Waals surface area contributed by atoms with Gasteiger partial charge in [-0.1, -0.05) is 5.21 Å². The third-order valence-corrected chi connectivity index (χ3v) is 6.67. The van der Waals surface area contributed by atoms with E-state index in [-0.39, 0.29) is 30.4 Å². The maximum Gasteiger partial charge on any atom is 0.335 e. The van der Waals surface area contributed by atoms with Gasteiger partial charge in [-0.15, -0.1) is 5.10 Å². The Morgan fingerprint density at radius 2 is 1.57 bits per heavy atom. The molecular weight excluding hydrogens is 587 g/mol. The topological polar surface area (TPSA) is 236 Å². The van der Waals surface area contributed by atoms with Crippen LogP contribution in [0, 0.1) is 0 Å². The predicted octanol–water partition coefficient (Wildman–Crippen LogP) is 0.915. The van der Waals surface area contributed by atoms with Gasteiger partial charge in [-0.25, -0.2) is 28.2 Å². The van der Waals surface area contributed by atoms with Crippen molar-refractivity contribution in [3.63, 3.8) is 0 Å². The zero-order valence-electron chi connectivity index (χ0n) is 23.3. The number of hydrogen-bond acceptors (Lipinski definition) is 9. The molecule has 44 heavy (non-hydrogen) atoms. The number of aliphatic carboxylic acids is 3. The summed E-state index contributed by atoms with van der Waals surface area (Å²) in [5, 5.41) is 48.9. The molecule has 0 aliphatic heterocycles. The molecule has 0 spiro atoms. The molecule has 0 bridgehead atoms. The Morgan fingerprint density at radius 1 is 0.909 bits per heavy atom. The van der Waals surface area contributed by atoms with Gasteiger partial charge in [0.1, 0.15) is 12.1 Å². The monoisotopic (exact) mass is 618 g/mol. The van der Waals surface area contributed by atoms with Crippen LogP contribution in [0.2, 0.25) is 0 Å². The minimum absolute atomic E-state index is 0.124. The molecule has 2 aromatic heterocycles. The van der Waals surface area contributed by atoms with Crippen LogP contribution in [0.15, 0.2) is 46.1 Å². The van der Waals surface area contributed by atoms with Crippen molar-refractivity contribution in [1.82, 2.24) is 29.4 Å². The fourth-order valence-corrected chi connectivity index (χ4v) is 4.44. The van der Waals surface area contributed by atoms with Crippen LogP contribution < -0.4 is 16.6 Å². The molecule has 17 heteroatoms. The van der Waals surface area contributed by atoms with E-state index in [4.69, 9.17) is 5.11 Å². The Balaban J connectivity index is 1.62. The Hall–Kier alpha value is -5.35. The van der Waals surface area contributed by atoms with E-state index in [2.05, 4.69) is 15.6 Å². The molecule has 1 aromatic carbocycles. The molecule has 3 aromatic rings. The number of rotatable bonds is 17. The fraction of sp³-hybridized carbons (Fsp3) is 0.407. The number of halogens is 1. The second kappa shape index (κ2) is 15.2. The Kier molecular flexibility index (Phi) is 11.5. The number of aryl methyl sites for hydroxylation is 1. The molecule has 236 valence electrons. The van der Waals surface area contributed by atoms with Crippen LogP contribution in [-0.2, 0) is 20.8 Å². The predicted molar refractivity (Wildman–Crippen MR) is 149 cm³/mol. The molecule has 5 N–H and O–H groups in total. The summed E-state index contributed by atoms with van der Waals surface area (Å²) < 4.78 is 14.4. The molecule has 16 nitrogen and oxygen atoms in total. The van der Waals surface area contributed by atoms with Crippen LogP contribution in [0.1, 0.15) is 66.7 Å². The van der Waals surface area contributed by atoms with Crippen LogP contribution in [0.5, 0.6) is 5.88 Å². The third-order valence-electron chi connectivity index (χ3n) is 6.67. The van der Waals surface area contributed by atoms with Gasteiger partial charge < -0.3 is 25.7 Å². The number of aromatic hydroxyl groups is 1. The highest BCUT2D eigenvalue weighted by atomic mass is 19.1. The van der Waals surface area contributed by atoms with E-state index in [1.54, 1.807) is 30.5 Å². The lowest BCUT2D eigenvalue weighted by molar-refractivity contribution is -0.142. The van der Waals surface area contributed by atoms with Crippen LogP contribution >= 0.6 is 0 Å². The summed E-state index contributed by atoms with van der Waals surface area (Å²) in [6.07, 6.45) is 1.30. The first-order valence-electron chi connectivity index (χ1n) is 13.5. The molecule has 0 radical (unpaired) electrons. The molecule has 1 amide bonds. The van der Waals surface area contributed by atoms with Crippen LogP contribution in [0.4, 0.5) is 4.39 Å². The van der Waals surface area contributed by atoms with E-state index < -0.39 is 72.5 Å². The van der Waals surface area contributed by atoms with E-state index >= 15 is 0 Å². The maximum absolute atomic E-state index is 13.1. The van der Waals surface area contributed by atoms with Crippen LogP contribution in [0.3, 0.4) is 0 Å². The number of alkyl halides is 1. The SMILES string of the molecule is O=C(O)CCC(C(=O)O)n1c(O)cc(=O)n(C(CCCCNC(=O)c2ccc(-n3cc(CCCF)nn3)cc2)C(=O)O)c1=O. The molecule has 3 rings (SSSR count). The Labute approximate surface area is 248 Å². The molecule has 2 unspecified atom stereocenters. The lowest BCUT2D eigenvalue weighted by Gasteiger charge is -2.20. The van der Waals surface area contributed by atoms with Crippen LogP contribution in [0.25, 0.3) is 5.69 Å². The lowest BCUT2D eigenvalue weighted by Crippen LogP contribution is -2.46. The van der Waals surface area contributed by atoms with Gasteiger partial charge in [0.25, 0.3) is 11.5 Å². The Morgan fingerprint density at radius 3 is 2.18 bits per heavy atom. The van der Waals surface area contributed by atoms with Gasteiger partial charge in [0.05, 0.1) is 30.3 Å². The van der Waals surface area contributed by atoms with Crippen molar-refractivity contribution in [1.29, 1.82) is 0 Å². The summed E-state index contributed by atoms with van der Waals surface area (Å²) in [6.45, 7) is -0.332. The molecule has 2 heterocycles. The van der Waals surface area contributed by atoms with Gasteiger partial charge in [0.15, 0.2) is 0 Å². The van der Waals surface area contributed by atoms with Gasteiger partial charge in [0, 0.05) is 18.5 Å². The second-order valence-corrected chi connectivity index (χ2v) is 9.75. The average molecular weight is 619 g/mol. The minimum atomic E-state index is -1.87. The number of amides is 1. The molecular formula is C27H31FN6O10. The van der Waals surface area contributed by atoms with Gasteiger partial charge in [0.2, 0.25) is 5.88 Å². The smallest absolute Gasteiger partial charge is 0.335 e. The highest BCUT2D eigenvalue weighted by Gasteiger charge is 2.30. The van der Waals surface area contributed by atoms with Crippen molar-refractivity contribution in [2.75, 3.05) is 13.2 Å². The number of nitrogens with zero attached hydrogens (tertiary/aromatic N) is 5. The summed E-state index contributed by atoms with van der Waals surface area (Å²) >= 11 is 0. The summed E-state index contributed by atoms with van der Waals surface area (Å²) in [4.78, 5) is 72.7. The number of carbonyl (C=O) groups is 4. The summed E-state index contributed by atoms with van der Waals surface area (Å²) in [6, 6.07) is 3.33. The number of carboxylic acid groups (broad SMARTS) is 3. The lowest BCUT2D eigenvalue weighted by atomic mass is 10.1. The number of carbonyl (C=O) groups excluding carboxylic acids is 1. The maximum atomic E-state index is 13.1. The molecule has 0 saturated heterocycles. The molecule has 0 aliphatic rings. The van der Waals surface area contributed by atoms with Gasteiger partial charge in [-0.3, -0.25) is 18.8 Å². The van der Waals surface area contributed by atoms with Crippen LogP contribution in [-0.4, -0.2) is 81.6 Å². The standard InChI is InChI=1S/C27H31FN6O10/c28-12-3-4-17-15-32(31-30-17)18-8-6-16(7-9-18)24(39)29-13-2-1-5-19(25(40)41)33-21(35)14-22(36)34(27(33)44)20(26(42)43)10-11-23(37)38/h6-9,14-15,19-20,36H,1-5,10-13H2,(H,29,39)(H,37,38)(H,40,41)(H,42,43). The normalized spacial score (nSPS) is 12.4. The van der Waals surface area contributed by atoms with Crippen molar-refractivity contribution in [2.45, 2.75) is 57.0 Å². The first kappa shape index (κ1) is 33.2. The number of unbranched alkanes of at least 4 members (excludes halogenated alkanes) is 1. The third kappa shape index (κ3) is 8.36. The van der Waals surface area contributed by atoms with Crippen molar-refractivity contribution < 1.29 is 44.0 Å². The van der Waals surface area contributed by atoms with Gasteiger partial charge in [-0.2, -0.15) is 0 Å². The van der Waals surface area contributed by atoms with Crippen molar-refractivity contribution in [3.8, 4) is 11.6 Å². The first-order chi connectivity index (χ1) is 20.9. The molecule has 2 atom stereocenters. The molecule has 0 saturated carbocycles. The van der Waals surface area contributed by atoms with E-state index in [0.29, 0.717) is 40.4 Å². The van der Waals surface area contributed by atoms with E-state index in [0.717, 1.165) is 0 Å². The average Bonchev–Trinajstić information content (AvgIpc) is 3.45. The number of hydrogen-bond donors (Lipinski definition) is 5. The zero-order valence-corrected chi connectivity index (χ0v) is 23.3. The van der Waals surface area contributed by atoms with Gasteiger partial charge in [-0.05, 0) is 62.8 Å². The quantitative estimate of drug-likeness (QED) is 0.133. The number of carboxylic acids is 3. The number of aromatic nitrogens is 5. The fourth-order valence-electron chi connectivity index (χ4n) is 4.44. The van der Waals surface area contributed by atoms with Crippen molar-refractivity contribution >= 4 is 23.8 Å². The largest absolute Gasteiger partial charge is 0.494 e. The summed E-state index contributed by atoms with van der Waals surface area (Å²) in [5.74, 6) is -6.05. The minimum Gasteiger partial charge on any atom is -0.494 e. The van der Waals surface area contributed by atoms with Crippen molar-refractivity contribution in [3.05, 3.63) is 68.6 Å². The number of nitrogens with one attached hydrogen (secondary N) is 1. The molecule has 0 fully saturated rings. The second-order valence-electron chi connectivity index (χ2n) is 9.75. The Bertz CT molecular complexity index is 1610. The zero-order chi connectivity index (χ0) is 32.4. The highest BCUT2D eigenvalue weighted by molar-refractivity contribution is 5.94.